The molecule has 1 aromatic heterocycles. The Labute approximate surface area is 153 Å². The van der Waals surface area contributed by atoms with Gasteiger partial charge < -0.3 is 10.1 Å². The van der Waals surface area contributed by atoms with Gasteiger partial charge in [-0.1, -0.05) is 38.3 Å². The fraction of sp³-hybridized carbons (Fsp3) is 0.412. The fourth-order valence-corrected chi connectivity index (χ4v) is 2.50. The molecule has 0 atom stereocenters. The molecule has 0 aliphatic heterocycles. The van der Waals surface area contributed by atoms with Gasteiger partial charge in [-0.05, 0) is 34.5 Å². The molecule has 0 radical (unpaired) electrons. The van der Waals surface area contributed by atoms with Crippen LogP contribution in [0.2, 0.25) is 0 Å². The van der Waals surface area contributed by atoms with Crippen LogP contribution in [0.25, 0.3) is 0 Å². The van der Waals surface area contributed by atoms with Gasteiger partial charge in [0, 0.05) is 10.7 Å². The molecule has 4 nitrogen and oxygen atoms in total. The van der Waals surface area contributed by atoms with Gasteiger partial charge in [0.15, 0.2) is 0 Å². The highest BCUT2D eigenvalue weighted by molar-refractivity contribution is 9.10. The molecule has 2 aromatic rings. The van der Waals surface area contributed by atoms with Crippen molar-refractivity contribution in [3.8, 4) is 5.88 Å². The molecule has 0 saturated carbocycles. The molecule has 0 fully saturated rings. The van der Waals surface area contributed by atoms with Crippen LogP contribution in [0, 0.1) is 0 Å². The Morgan fingerprint density at radius 1 is 1.16 bits per heavy atom. The van der Waals surface area contributed by atoms with Crippen molar-refractivity contribution in [3.05, 3.63) is 40.5 Å². The molecule has 0 aliphatic carbocycles. The zero-order valence-electron chi connectivity index (χ0n) is 13.7. The van der Waals surface area contributed by atoms with Crippen LogP contribution in [0.3, 0.4) is 0 Å². The Morgan fingerprint density at radius 2 is 1.92 bits per heavy atom. The molecule has 1 heterocycles. The Hall–Kier alpha value is -1.83. The minimum atomic E-state index is -4.56. The second-order valence-corrected chi connectivity index (χ2v) is 6.28. The molecular weight excluding hydrogens is 399 g/mol. The Bertz CT molecular complexity index is 695. The highest BCUT2D eigenvalue weighted by atomic mass is 79.9. The first-order valence-corrected chi connectivity index (χ1v) is 8.79. The van der Waals surface area contributed by atoms with E-state index in [0.29, 0.717) is 12.1 Å². The van der Waals surface area contributed by atoms with Gasteiger partial charge in [-0.2, -0.15) is 18.2 Å². The highest BCUT2D eigenvalue weighted by Crippen LogP contribution is 2.35. The number of unbranched alkanes of at least 4 members (excludes halogenated alkanes) is 3. The molecule has 0 aliphatic rings. The van der Waals surface area contributed by atoms with Crippen molar-refractivity contribution < 1.29 is 17.9 Å². The van der Waals surface area contributed by atoms with Crippen LogP contribution in [0.1, 0.15) is 38.2 Å². The molecule has 0 bridgehead atoms. The van der Waals surface area contributed by atoms with Gasteiger partial charge in [-0.25, -0.2) is 4.98 Å². The Morgan fingerprint density at radius 3 is 2.60 bits per heavy atom. The maximum Gasteiger partial charge on any atom is 0.423 e. The van der Waals surface area contributed by atoms with Gasteiger partial charge in [0.05, 0.1) is 12.3 Å². The van der Waals surface area contributed by atoms with Gasteiger partial charge in [0.2, 0.25) is 11.8 Å². The molecule has 2 rings (SSSR count). The number of para-hydroxylation sites is 1. The Balaban J connectivity index is 2.17. The van der Waals surface area contributed by atoms with Crippen LogP contribution in [0.15, 0.2) is 34.9 Å². The SMILES string of the molecule is CCCCCCOc1nc(Nc2ccccc2Br)ncc1C(F)(F)F. The van der Waals surface area contributed by atoms with Crippen molar-refractivity contribution in [1.29, 1.82) is 0 Å². The number of nitrogens with zero attached hydrogens (tertiary/aromatic N) is 2. The third-order valence-corrected chi connectivity index (χ3v) is 4.11. The monoisotopic (exact) mass is 417 g/mol. The molecule has 136 valence electrons. The van der Waals surface area contributed by atoms with Crippen molar-refractivity contribution in [2.75, 3.05) is 11.9 Å². The summed E-state index contributed by atoms with van der Waals surface area (Å²) in [5, 5.41) is 2.89. The molecule has 0 amide bonds. The maximum atomic E-state index is 13.1. The number of hydrogen-bond donors (Lipinski definition) is 1. The van der Waals surface area contributed by atoms with E-state index in [-0.39, 0.29) is 12.6 Å². The Kier molecular flexibility index (Phi) is 7.04. The first-order valence-electron chi connectivity index (χ1n) is 8.00. The lowest BCUT2D eigenvalue weighted by Gasteiger charge is -2.14. The number of alkyl halides is 3. The maximum absolute atomic E-state index is 13.1. The van der Waals surface area contributed by atoms with Crippen LogP contribution in [0.4, 0.5) is 24.8 Å². The molecule has 0 spiro atoms. The van der Waals surface area contributed by atoms with E-state index in [2.05, 4.69) is 38.1 Å². The van der Waals surface area contributed by atoms with Crippen molar-refractivity contribution in [2.45, 2.75) is 38.8 Å². The lowest BCUT2D eigenvalue weighted by atomic mass is 10.2. The number of ether oxygens (including phenoxy) is 1. The zero-order chi connectivity index (χ0) is 18.3. The summed E-state index contributed by atoms with van der Waals surface area (Å²) in [5.41, 5.74) is -0.322. The van der Waals surface area contributed by atoms with Crippen molar-refractivity contribution in [2.24, 2.45) is 0 Å². The average Bonchev–Trinajstić information content (AvgIpc) is 2.56. The van der Waals surface area contributed by atoms with Crippen LogP contribution in [-0.4, -0.2) is 16.6 Å². The van der Waals surface area contributed by atoms with E-state index in [0.717, 1.165) is 29.9 Å². The number of aromatic nitrogens is 2. The zero-order valence-corrected chi connectivity index (χ0v) is 15.3. The van der Waals surface area contributed by atoms with Crippen LogP contribution in [0.5, 0.6) is 5.88 Å². The van der Waals surface area contributed by atoms with Crippen LogP contribution in [-0.2, 0) is 6.18 Å². The van der Waals surface area contributed by atoms with Crippen molar-refractivity contribution in [1.82, 2.24) is 9.97 Å². The van der Waals surface area contributed by atoms with Gasteiger partial charge in [-0.15, -0.1) is 0 Å². The normalized spacial score (nSPS) is 11.4. The number of anilines is 2. The quantitative estimate of drug-likeness (QED) is 0.538. The highest BCUT2D eigenvalue weighted by Gasteiger charge is 2.36. The summed E-state index contributed by atoms with van der Waals surface area (Å²) in [5.74, 6) is -0.406. The van der Waals surface area contributed by atoms with E-state index in [4.69, 9.17) is 4.74 Å². The molecule has 8 heteroatoms. The predicted octanol–water partition coefficient (Wildman–Crippen LogP) is 5.96. The molecule has 1 N–H and O–H groups in total. The second-order valence-electron chi connectivity index (χ2n) is 5.42. The third kappa shape index (κ3) is 5.88. The first-order chi connectivity index (χ1) is 11.9. The van der Waals surface area contributed by atoms with Crippen molar-refractivity contribution in [3.63, 3.8) is 0 Å². The fourth-order valence-electron chi connectivity index (χ4n) is 2.11. The number of hydrogen-bond acceptors (Lipinski definition) is 4. The summed E-state index contributed by atoms with van der Waals surface area (Å²) >= 11 is 3.36. The average molecular weight is 418 g/mol. The summed E-state index contributed by atoms with van der Waals surface area (Å²) in [6, 6.07) is 7.18. The van der Waals surface area contributed by atoms with Crippen molar-refractivity contribution >= 4 is 27.6 Å². The van der Waals surface area contributed by atoms with E-state index in [9.17, 15) is 13.2 Å². The van der Waals surface area contributed by atoms with Crippen LogP contribution < -0.4 is 10.1 Å². The summed E-state index contributed by atoms with van der Waals surface area (Å²) in [4.78, 5) is 7.66. The summed E-state index contributed by atoms with van der Waals surface area (Å²) in [6.07, 6.45) is -0.166. The summed E-state index contributed by atoms with van der Waals surface area (Å²) in [6.45, 7) is 2.25. The summed E-state index contributed by atoms with van der Waals surface area (Å²) < 4.78 is 45.4. The molecule has 0 saturated heterocycles. The minimum Gasteiger partial charge on any atom is -0.477 e. The van der Waals surface area contributed by atoms with Gasteiger partial charge in [0.1, 0.15) is 5.56 Å². The van der Waals surface area contributed by atoms with E-state index >= 15 is 0 Å². The molecule has 25 heavy (non-hydrogen) atoms. The van der Waals surface area contributed by atoms with E-state index < -0.39 is 17.6 Å². The number of nitrogens with one attached hydrogen (secondary N) is 1. The number of halogens is 4. The molecular formula is C17H19BrF3N3O. The number of benzene rings is 1. The predicted molar refractivity (Wildman–Crippen MR) is 94.1 cm³/mol. The lowest BCUT2D eigenvalue weighted by Crippen LogP contribution is -2.13. The standard InChI is InChI=1S/C17H19BrF3N3O/c1-2-3-4-7-10-25-15-12(17(19,20)21)11-22-16(24-15)23-14-9-6-5-8-13(14)18/h5-6,8-9,11H,2-4,7,10H2,1H3,(H,22,23,24). The van der Waals surface area contributed by atoms with Gasteiger partial charge in [0.25, 0.3) is 0 Å². The molecule has 0 unspecified atom stereocenters. The molecule has 1 aromatic carbocycles. The second kappa shape index (κ2) is 9.03. The largest absolute Gasteiger partial charge is 0.477 e. The van der Waals surface area contributed by atoms with Gasteiger partial charge >= 0.3 is 6.18 Å². The first kappa shape index (κ1) is 19.5. The smallest absolute Gasteiger partial charge is 0.423 e. The van der Waals surface area contributed by atoms with E-state index in [1.807, 2.05) is 6.07 Å². The van der Waals surface area contributed by atoms with Gasteiger partial charge in [-0.3, -0.25) is 0 Å². The summed E-state index contributed by atoms with van der Waals surface area (Å²) in [7, 11) is 0. The third-order valence-electron chi connectivity index (χ3n) is 3.42. The topological polar surface area (TPSA) is 47.0 Å². The van der Waals surface area contributed by atoms with E-state index in [1.54, 1.807) is 18.2 Å². The number of rotatable bonds is 8. The lowest BCUT2D eigenvalue weighted by molar-refractivity contribution is -0.139. The van der Waals surface area contributed by atoms with E-state index in [1.165, 1.54) is 0 Å². The minimum absolute atomic E-state index is 0.0449. The van der Waals surface area contributed by atoms with Crippen LogP contribution >= 0.6 is 15.9 Å².